The number of aromatic amines is 1. The number of rotatable bonds is 1. The first-order chi connectivity index (χ1) is 10.2. The van der Waals surface area contributed by atoms with Crippen molar-refractivity contribution in [2.24, 2.45) is 0 Å². The molecule has 3 rings (SSSR count). The van der Waals surface area contributed by atoms with Crippen molar-refractivity contribution >= 4 is 23.2 Å². The zero-order chi connectivity index (χ0) is 16.2. The molecule has 1 aliphatic heterocycles. The molecule has 0 aromatic heterocycles. The third kappa shape index (κ3) is 2.30. The highest BCUT2D eigenvalue weighted by Gasteiger charge is 2.32. The molecule has 116 valence electrons. The lowest BCUT2D eigenvalue weighted by Gasteiger charge is -2.12. The zero-order valence-corrected chi connectivity index (χ0v) is 12.0. The summed E-state index contributed by atoms with van der Waals surface area (Å²) in [5.41, 5.74) is -0.509. The van der Waals surface area contributed by atoms with Gasteiger partial charge in [-0.2, -0.15) is 13.2 Å². The Morgan fingerprint density at radius 2 is 1.68 bits per heavy atom. The van der Waals surface area contributed by atoms with Crippen molar-refractivity contribution in [1.82, 2.24) is 9.78 Å². The van der Waals surface area contributed by atoms with Crippen molar-refractivity contribution in [2.75, 3.05) is 0 Å². The topological polar surface area (TPSA) is 40.9 Å². The first-order valence-electron chi connectivity index (χ1n) is 5.83. The van der Waals surface area contributed by atoms with Crippen LogP contribution in [-0.2, 0) is 6.18 Å². The van der Waals surface area contributed by atoms with Crippen LogP contribution in [0.2, 0.25) is 10.0 Å². The summed E-state index contributed by atoms with van der Waals surface area (Å²) in [5.74, 6) is -1.37. The molecule has 0 spiro atoms. The monoisotopic (exact) mass is 352 g/mol. The Bertz CT molecular complexity index is 814. The molecule has 2 N–H and O–H groups in total. The van der Waals surface area contributed by atoms with Crippen LogP contribution in [0.15, 0.2) is 24.4 Å². The van der Waals surface area contributed by atoms with Crippen LogP contribution < -0.4 is 0 Å². The average Bonchev–Trinajstić information content (AvgIpc) is 2.89. The van der Waals surface area contributed by atoms with Crippen molar-refractivity contribution in [2.45, 2.75) is 6.18 Å². The number of halogens is 6. The van der Waals surface area contributed by atoms with Crippen molar-refractivity contribution in [3.05, 3.63) is 45.8 Å². The lowest BCUT2D eigenvalue weighted by atomic mass is 10.2. The third-order valence-corrected chi connectivity index (χ3v) is 3.70. The van der Waals surface area contributed by atoms with Gasteiger partial charge in [-0.1, -0.05) is 23.2 Å². The van der Waals surface area contributed by atoms with Gasteiger partial charge in [0.1, 0.15) is 0 Å². The summed E-state index contributed by atoms with van der Waals surface area (Å²) in [7, 11) is 0. The van der Waals surface area contributed by atoms with E-state index in [0.29, 0.717) is 0 Å². The number of benzene rings is 1. The van der Waals surface area contributed by atoms with Crippen LogP contribution in [-0.4, -0.2) is 14.9 Å². The maximum atomic E-state index is 13.2. The fraction of sp³-hybridized carbons (Fsp3) is 0.0769. The molecule has 0 saturated carbocycles. The Morgan fingerprint density at radius 3 is 2.18 bits per heavy atom. The molecule has 1 aliphatic carbocycles. The smallest absolute Gasteiger partial charge is 0.416 e. The maximum Gasteiger partial charge on any atom is 0.416 e. The van der Waals surface area contributed by atoms with Gasteiger partial charge in [-0.15, -0.1) is 0 Å². The molecule has 0 amide bonds. The maximum absolute atomic E-state index is 13.2. The molecule has 2 aliphatic rings. The van der Waals surface area contributed by atoms with Gasteiger partial charge in [0.05, 0.1) is 32.6 Å². The molecule has 0 fully saturated rings. The standard InChI is InChI=1S/C13H6Cl2F4N2O/c14-7-1-5(13(17,18)19)2-8(15)11(7)21-4-6-10(20-21)3-9(16)12(6)22/h1-4,20,22H. The van der Waals surface area contributed by atoms with Crippen molar-refractivity contribution < 1.29 is 22.7 Å². The van der Waals surface area contributed by atoms with E-state index in [0.717, 1.165) is 18.2 Å². The number of nitrogens with one attached hydrogen (secondary N) is 1. The van der Waals surface area contributed by atoms with E-state index in [1.54, 1.807) is 0 Å². The summed E-state index contributed by atoms with van der Waals surface area (Å²) >= 11 is 11.8. The fourth-order valence-electron chi connectivity index (χ4n) is 2.12. The van der Waals surface area contributed by atoms with E-state index in [-0.39, 0.29) is 27.0 Å². The highest BCUT2D eigenvalue weighted by atomic mass is 35.5. The van der Waals surface area contributed by atoms with Crippen LogP contribution in [0.4, 0.5) is 17.6 Å². The second kappa shape index (κ2) is 4.82. The summed E-state index contributed by atoms with van der Waals surface area (Å²) in [6, 6.07) is 2.52. The largest absolute Gasteiger partial charge is 0.504 e. The summed E-state index contributed by atoms with van der Waals surface area (Å²) < 4.78 is 52.5. The Kier molecular flexibility index (Phi) is 3.30. The third-order valence-electron chi connectivity index (χ3n) is 3.13. The number of hydrogen-bond acceptors (Lipinski definition) is 1. The summed E-state index contributed by atoms with van der Waals surface area (Å²) in [4.78, 5) is 0. The molecule has 22 heavy (non-hydrogen) atoms. The van der Waals surface area contributed by atoms with Crippen molar-refractivity contribution in [1.29, 1.82) is 0 Å². The minimum Gasteiger partial charge on any atom is -0.504 e. The van der Waals surface area contributed by atoms with Gasteiger partial charge in [-0.3, -0.25) is 9.78 Å². The van der Waals surface area contributed by atoms with E-state index in [1.165, 1.54) is 10.9 Å². The number of aromatic hydroxyl groups is 1. The minimum atomic E-state index is -4.58. The van der Waals surface area contributed by atoms with Crippen LogP contribution in [0.3, 0.4) is 0 Å². The Hall–Kier alpha value is -1.86. The van der Waals surface area contributed by atoms with Gasteiger partial charge in [0.2, 0.25) is 0 Å². The van der Waals surface area contributed by atoms with Gasteiger partial charge in [-0.25, -0.2) is 4.39 Å². The average molecular weight is 353 g/mol. The quantitative estimate of drug-likeness (QED) is 0.589. The van der Waals surface area contributed by atoms with Gasteiger partial charge < -0.3 is 5.11 Å². The van der Waals surface area contributed by atoms with Crippen molar-refractivity contribution in [3.8, 4) is 22.7 Å². The van der Waals surface area contributed by atoms with E-state index < -0.39 is 23.3 Å². The van der Waals surface area contributed by atoms with Crippen molar-refractivity contribution in [3.63, 3.8) is 0 Å². The molecule has 0 atom stereocenters. The molecule has 1 heterocycles. The Labute approximate surface area is 131 Å². The van der Waals surface area contributed by atoms with Gasteiger partial charge >= 0.3 is 6.18 Å². The number of hydrogen-bond donors (Lipinski definition) is 2. The molecule has 1 aromatic carbocycles. The summed E-state index contributed by atoms with van der Waals surface area (Å²) in [6.45, 7) is 0. The van der Waals surface area contributed by atoms with E-state index in [1.807, 2.05) is 0 Å². The molecule has 0 unspecified atom stereocenters. The number of H-pyrrole nitrogens is 1. The summed E-state index contributed by atoms with van der Waals surface area (Å²) in [6.07, 6.45) is -3.29. The lowest BCUT2D eigenvalue weighted by molar-refractivity contribution is -0.137. The minimum absolute atomic E-state index is 0.0624. The molecule has 3 nitrogen and oxygen atoms in total. The van der Waals surface area contributed by atoms with Gasteiger partial charge in [0, 0.05) is 12.3 Å². The van der Waals surface area contributed by atoms with E-state index in [4.69, 9.17) is 23.2 Å². The molecule has 0 bridgehead atoms. The Balaban J connectivity index is 2.17. The normalized spacial score (nSPS) is 12.3. The van der Waals surface area contributed by atoms with E-state index in [9.17, 15) is 22.7 Å². The highest BCUT2D eigenvalue weighted by Crippen LogP contribution is 2.40. The predicted molar refractivity (Wildman–Crippen MR) is 73.4 cm³/mol. The highest BCUT2D eigenvalue weighted by molar-refractivity contribution is 6.37. The van der Waals surface area contributed by atoms with E-state index in [2.05, 4.69) is 5.10 Å². The predicted octanol–water partition coefficient (Wildman–Crippen LogP) is 5.08. The number of fused-ring (bicyclic) bond motifs is 1. The number of nitrogens with zero attached hydrogens (tertiary/aromatic N) is 1. The number of aromatic nitrogens is 2. The van der Waals surface area contributed by atoms with E-state index >= 15 is 0 Å². The molecule has 0 radical (unpaired) electrons. The molecule has 1 aromatic rings. The van der Waals surface area contributed by atoms with Crippen LogP contribution in [0.5, 0.6) is 5.75 Å². The Morgan fingerprint density at radius 1 is 1.09 bits per heavy atom. The van der Waals surface area contributed by atoms with Gasteiger partial charge in [-0.05, 0) is 12.1 Å². The van der Waals surface area contributed by atoms with Crippen LogP contribution >= 0.6 is 23.2 Å². The second-order valence-corrected chi connectivity index (χ2v) is 5.38. The first-order valence-corrected chi connectivity index (χ1v) is 6.59. The van der Waals surface area contributed by atoms with Crippen LogP contribution in [0.1, 0.15) is 5.56 Å². The lowest BCUT2D eigenvalue weighted by Crippen LogP contribution is -2.06. The SMILES string of the molecule is Oc1c(F)cc2[nH]n(-c3c(Cl)cc(C(F)(F)F)cc3Cl)cc1-2. The van der Waals surface area contributed by atoms with Gasteiger partial charge in [0.15, 0.2) is 11.6 Å². The zero-order valence-electron chi connectivity index (χ0n) is 10.5. The van der Waals surface area contributed by atoms with Crippen LogP contribution in [0, 0.1) is 5.82 Å². The van der Waals surface area contributed by atoms with Gasteiger partial charge in [0.25, 0.3) is 0 Å². The second-order valence-electron chi connectivity index (χ2n) is 4.57. The first kappa shape index (κ1) is 15.1. The molecule has 0 saturated heterocycles. The summed E-state index contributed by atoms with van der Waals surface area (Å²) in [5, 5.41) is 11.7. The molecular formula is C13H6Cl2F4N2O. The molecule has 9 heteroatoms. The fourth-order valence-corrected chi connectivity index (χ4v) is 2.79. The number of alkyl halides is 3. The van der Waals surface area contributed by atoms with Crippen LogP contribution in [0.25, 0.3) is 16.9 Å². The molecular weight excluding hydrogens is 347 g/mol.